The van der Waals surface area contributed by atoms with Crippen LogP contribution in [0.3, 0.4) is 0 Å². The first-order chi connectivity index (χ1) is 14.6. The second-order valence-electron chi connectivity index (χ2n) is 7.14. The van der Waals surface area contributed by atoms with Gasteiger partial charge >= 0.3 is 5.69 Å². The minimum absolute atomic E-state index is 0.0991. The van der Waals surface area contributed by atoms with Crippen molar-refractivity contribution in [1.29, 1.82) is 5.26 Å². The van der Waals surface area contributed by atoms with Gasteiger partial charge in [0.25, 0.3) is 5.56 Å². The SMILES string of the molecule is N#Cc1c(N=Cc2c(O)n(CCc3ccccc3)c(=O)[nH]c2=O)sc2c1CCCC2. The third-order valence-corrected chi connectivity index (χ3v) is 6.45. The molecule has 152 valence electrons. The van der Waals surface area contributed by atoms with E-state index in [1.165, 1.54) is 17.6 Å². The number of fused-ring (bicyclic) bond motifs is 1. The Labute approximate surface area is 176 Å². The molecule has 0 aliphatic heterocycles. The third-order valence-electron chi connectivity index (χ3n) is 5.25. The van der Waals surface area contributed by atoms with E-state index in [1.807, 2.05) is 30.3 Å². The van der Waals surface area contributed by atoms with Gasteiger partial charge in [-0.15, -0.1) is 11.3 Å². The lowest BCUT2D eigenvalue weighted by Gasteiger charge is -2.09. The number of aromatic nitrogens is 2. The predicted octanol–water partition coefficient (Wildman–Crippen LogP) is 3.05. The number of aromatic hydroxyl groups is 1. The van der Waals surface area contributed by atoms with Gasteiger partial charge in [-0.3, -0.25) is 14.3 Å². The molecule has 0 saturated carbocycles. The fourth-order valence-electron chi connectivity index (χ4n) is 3.67. The summed E-state index contributed by atoms with van der Waals surface area (Å²) in [6.07, 6.45) is 5.70. The highest BCUT2D eigenvalue weighted by Crippen LogP contribution is 2.39. The molecule has 0 fully saturated rings. The number of aromatic amines is 1. The summed E-state index contributed by atoms with van der Waals surface area (Å²) in [4.78, 5) is 32.2. The van der Waals surface area contributed by atoms with Crippen LogP contribution in [0.4, 0.5) is 5.00 Å². The van der Waals surface area contributed by atoms with Gasteiger partial charge in [0.1, 0.15) is 16.6 Å². The van der Waals surface area contributed by atoms with Crippen molar-refractivity contribution in [3.63, 3.8) is 0 Å². The highest BCUT2D eigenvalue weighted by molar-refractivity contribution is 7.16. The van der Waals surface area contributed by atoms with Gasteiger partial charge in [-0.1, -0.05) is 30.3 Å². The zero-order valence-corrected chi connectivity index (χ0v) is 17.0. The number of rotatable bonds is 5. The Morgan fingerprint density at radius 1 is 1.23 bits per heavy atom. The molecular weight excluding hydrogens is 400 g/mol. The lowest BCUT2D eigenvalue weighted by molar-refractivity contribution is 0.399. The molecular formula is C22H20N4O3S. The average molecular weight is 420 g/mol. The van der Waals surface area contributed by atoms with E-state index in [0.717, 1.165) is 46.3 Å². The van der Waals surface area contributed by atoms with Crippen LogP contribution in [0.1, 0.15) is 40.0 Å². The molecule has 0 spiro atoms. The van der Waals surface area contributed by atoms with E-state index < -0.39 is 17.1 Å². The number of nitriles is 1. The number of H-pyrrole nitrogens is 1. The number of nitrogens with zero attached hydrogens (tertiary/aromatic N) is 3. The molecule has 0 amide bonds. The highest BCUT2D eigenvalue weighted by Gasteiger charge is 2.20. The maximum absolute atomic E-state index is 12.3. The zero-order valence-electron chi connectivity index (χ0n) is 16.2. The van der Waals surface area contributed by atoms with Crippen LogP contribution in [0.25, 0.3) is 0 Å². The molecule has 0 atom stereocenters. The highest BCUT2D eigenvalue weighted by atomic mass is 32.1. The predicted molar refractivity (Wildman–Crippen MR) is 116 cm³/mol. The molecule has 30 heavy (non-hydrogen) atoms. The van der Waals surface area contributed by atoms with Crippen LogP contribution in [-0.2, 0) is 25.8 Å². The summed E-state index contributed by atoms with van der Waals surface area (Å²) in [5.41, 5.74) is 1.11. The Morgan fingerprint density at radius 3 is 2.77 bits per heavy atom. The van der Waals surface area contributed by atoms with E-state index in [1.54, 1.807) is 0 Å². The first-order valence-corrected chi connectivity index (χ1v) is 10.6. The first kappa shape index (κ1) is 19.9. The molecule has 2 aromatic heterocycles. The van der Waals surface area contributed by atoms with Crippen LogP contribution in [-0.4, -0.2) is 20.9 Å². The van der Waals surface area contributed by atoms with Gasteiger partial charge in [-0.05, 0) is 43.2 Å². The quantitative estimate of drug-likeness (QED) is 0.618. The van der Waals surface area contributed by atoms with Gasteiger partial charge in [0.05, 0.1) is 5.56 Å². The molecule has 0 unspecified atom stereocenters. The van der Waals surface area contributed by atoms with Crippen LogP contribution in [0.5, 0.6) is 5.88 Å². The Kier molecular flexibility index (Phi) is 5.63. The van der Waals surface area contributed by atoms with Crippen LogP contribution < -0.4 is 11.2 Å². The smallest absolute Gasteiger partial charge is 0.331 e. The van der Waals surface area contributed by atoms with Crippen LogP contribution in [0.2, 0.25) is 0 Å². The summed E-state index contributed by atoms with van der Waals surface area (Å²) in [5.74, 6) is -0.428. The van der Waals surface area contributed by atoms with Crippen LogP contribution in [0, 0.1) is 11.3 Å². The standard InChI is InChI=1S/C22H20N4O3S/c23-12-16-15-8-4-5-9-18(15)30-20(16)24-13-17-19(27)25-22(29)26(21(17)28)11-10-14-6-2-1-3-7-14/h1-3,6-7,13,28H,4-5,8-11H2,(H,25,27,29). The third kappa shape index (κ3) is 3.84. The van der Waals surface area contributed by atoms with Crippen molar-refractivity contribution in [3.8, 4) is 11.9 Å². The summed E-state index contributed by atoms with van der Waals surface area (Å²) in [6.45, 7) is 0.211. The van der Waals surface area contributed by atoms with E-state index in [9.17, 15) is 20.0 Å². The molecule has 1 aromatic carbocycles. The van der Waals surface area contributed by atoms with Crippen molar-refractivity contribution < 1.29 is 5.11 Å². The van der Waals surface area contributed by atoms with Crippen LogP contribution in [0.15, 0.2) is 44.9 Å². The normalized spacial score (nSPS) is 13.3. The lowest BCUT2D eigenvalue weighted by atomic mass is 9.96. The molecule has 0 bridgehead atoms. The molecule has 7 nitrogen and oxygen atoms in total. The van der Waals surface area contributed by atoms with Gasteiger partial charge in [0.15, 0.2) is 0 Å². The van der Waals surface area contributed by atoms with Crippen molar-refractivity contribution in [1.82, 2.24) is 9.55 Å². The summed E-state index contributed by atoms with van der Waals surface area (Å²) in [5, 5.41) is 20.7. The van der Waals surface area contributed by atoms with Crippen molar-refractivity contribution in [2.45, 2.75) is 38.6 Å². The number of benzene rings is 1. The van der Waals surface area contributed by atoms with E-state index >= 15 is 0 Å². The topological polar surface area (TPSA) is 111 Å². The fraction of sp³-hybridized carbons (Fsp3) is 0.273. The lowest BCUT2D eigenvalue weighted by Crippen LogP contribution is -2.32. The molecule has 2 heterocycles. The average Bonchev–Trinajstić information content (AvgIpc) is 3.11. The van der Waals surface area contributed by atoms with Gasteiger partial charge in [-0.25, -0.2) is 9.79 Å². The minimum atomic E-state index is -0.711. The number of hydrogen-bond donors (Lipinski definition) is 2. The molecule has 1 aliphatic rings. The summed E-state index contributed by atoms with van der Waals surface area (Å²) < 4.78 is 1.13. The summed E-state index contributed by atoms with van der Waals surface area (Å²) >= 11 is 1.45. The maximum Gasteiger partial charge on any atom is 0.331 e. The van der Waals surface area contributed by atoms with Gasteiger partial charge in [0.2, 0.25) is 5.88 Å². The first-order valence-electron chi connectivity index (χ1n) is 9.77. The van der Waals surface area contributed by atoms with E-state index in [2.05, 4.69) is 16.0 Å². The molecule has 3 aromatic rings. The summed E-state index contributed by atoms with van der Waals surface area (Å²) in [7, 11) is 0. The Balaban J connectivity index is 1.67. The van der Waals surface area contributed by atoms with E-state index in [-0.39, 0.29) is 12.1 Å². The second-order valence-corrected chi connectivity index (χ2v) is 8.23. The number of hydrogen-bond acceptors (Lipinski definition) is 6. The minimum Gasteiger partial charge on any atom is -0.494 e. The van der Waals surface area contributed by atoms with Gasteiger partial charge < -0.3 is 5.11 Å². The Hall–Kier alpha value is -3.44. The van der Waals surface area contributed by atoms with Crippen molar-refractivity contribution in [2.24, 2.45) is 4.99 Å². The van der Waals surface area contributed by atoms with E-state index in [4.69, 9.17) is 0 Å². The number of aryl methyl sites for hydroxylation is 2. The Bertz CT molecular complexity index is 1260. The molecule has 8 heteroatoms. The van der Waals surface area contributed by atoms with Gasteiger partial charge in [-0.2, -0.15) is 5.26 Å². The molecule has 0 saturated heterocycles. The Morgan fingerprint density at radius 2 is 2.00 bits per heavy atom. The largest absolute Gasteiger partial charge is 0.494 e. The number of thiophene rings is 1. The zero-order chi connectivity index (χ0) is 21.1. The fourth-order valence-corrected chi connectivity index (χ4v) is 4.85. The van der Waals surface area contributed by atoms with E-state index in [0.29, 0.717) is 17.0 Å². The summed E-state index contributed by atoms with van der Waals surface area (Å²) in [6, 6.07) is 11.8. The molecule has 1 aliphatic carbocycles. The van der Waals surface area contributed by atoms with Crippen molar-refractivity contribution in [2.75, 3.05) is 0 Å². The number of aliphatic imine (C=N–C) groups is 1. The second kappa shape index (κ2) is 8.51. The van der Waals surface area contributed by atoms with Crippen molar-refractivity contribution in [3.05, 3.63) is 78.3 Å². The van der Waals surface area contributed by atoms with Gasteiger partial charge in [0, 0.05) is 17.6 Å². The van der Waals surface area contributed by atoms with Crippen molar-refractivity contribution >= 4 is 22.6 Å². The van der Waals surface area contributed by atoms with Crippen LogP contribution >= 0.6 is 11.3 Å². The number of nitrogens with one attached hydrogen (secondary N) is 1. The monoisotopic (exact) mass is 420 g/mol. The molecule has 2 N–H and O–H groups in total. The maximum atomic E-state index is 12.3. The molecule has 4 rings (SSSR count). The molecule has 0 radical (unpaired) electrons.